The predicted octanol–water partition coefficient (Wildman–Crippen LogP) is 2.82. The maximum atomic E-state index is 12.9. The summed E-state index contributed by atoms with van der Waals surface area (Å²) in [4.78, 5) is 29.8. The Hall–Kier alpha value is -2.11. The highest BCUT2D eigenvalue weighted by atomic mass is 16.4. The quantitative estimate of drug-likeness (QED) is 0.809. The van der Waals surface area contributed by atoms with Gasteiger partial charge in [0.25, 0.3) is 0 Å². The molecule has 6 heteroatoms. The molecule has 0 aromatic carbocycles. The van der Waals surface area contributed by atoms with Gasteiger partial charge < -0.3 is 15.3 Å². The Morgan fingerprint density at radius 3 is 2.91 bits per heavy atom. The molecular formula is C17H25N3O3. The van der Waals surface area contributed by atoms with E-state index in [0.29, 0.717) is 13.0 Å². The first-order chi connectivity index (χ1) is 11.1. The van der Waals surface area contributed by atoms with Crippen LogP contribution in [-0.4, -0.2) is 40.1 Å². The minimum absolute atomic E-state index is 0.0514. The lowest BCUT2D eigenvalue weighted by atomic mass is 9.97. The summed E-state index contributed by atoms with van der Waals surface area (Å²) in [5.41, 5.74) is 0.942. The zero-order valence-corrected chi connectivity index (χ0v) is 13.6. The normalized spacial score (nSPS) is 18.7. The molecule has 0 radical (unpaired) electrons. The molecular weight excluding hydrogens is 294 g/mol. The number of aromatic nitrogens is 1. The molecule has 2 atom stereocenters. The van der Waals surface area contributed by atoms with Crippen LogP contribution in [0.1, 0.15) is 50.8 Å². The number of carboxylic acid groups (broad SMARTS) is 1. The van der Waals surface area contributed by atoms with E-state index in [0.717, 1.165) is 37.9 Å². The number of pyridine rings is 1. The Morgan fingerprint density at radius 1 is 1.43 bits per heavy atom. The van der Waals surface area contributed by atoms with Crippen LogP contribution in [0.2, 0.25) is 0 Å². The molecule has 0 spiro atoms. The van der Waals surface area contributed by atoms with E-state index in [4.69, 9.17) is 5.11 Å². The van der Waals surface area contributed by atoms with Crippen LogP contribution < -0.4 is 5.32 Å². The van der Waals surface area contributed by atoms with E-state index in [2.05, 4.69) is 10.3 Å². The summed E-state index contributed by atoms with van der Waals surface area (Å²) < 4.78 is 0. The molecule has 1 fully saturated rings. The molecule has 1 saturated heterocycles. The third-order valence-corrected chi connectivity index (χ3v) is 4.32. The average molecular weight is 319 g/mol. The maximum absolute atomic E-state index is 12.9. The number of rotatable bonds is 7. The number of hydrogen-bond donors (Lipinski definition) is 2. The largest absolute Gasteiger partial charge is 0.465 e. The monoisotopic (exact) mass is 319 g/mol. The molecule has 1 aromatic rings. The lowest BCUT2D eigenvalue weighted by Crippen LogP contribution is -2.37. The van der Waals surface area contributed by atoms with E-state index in [1.807, 2.05) is 30.0 Å². The van der Waals surface area contributed by atoms with Gasteiger partial charge in [-0.1, -0.05) is 19.4 Å². The van der Waals surface area contributed by atoms with E-state index < -0.39 is 6.09 Å². The van der Waals surface area contributed by atoms with Crippen LogP contribution in [0.3, 0.4) is 0 Å². The number of amides is 2. The summed E-state index contributed by atoms with van der Waals surface area (Å²) in [5, 5.41) is 11.0. The van der Waals surface area contributed by atoms with E-state index in [1.165, 1.54) is 0 Å². The Labute approximate surface area is 136 Å². The van der Waals surface area contributed by atoms with Crippen molar-refractivity contribution in [3.63, 3.8) is 0 Å². The van der Waals surface area contributed by atoms with Gasteiger partial charge in [0.1, 0.15) is 0 Å². The van der Waals surface area contributed by atoms with Crippen LogP contribution in [-0.2, 0) is 4.79 Å². The number of carbonyl (C=O) groups excluding carboxylic acids is 1. The maximum Gasteiger partial charge on any atom is 0.404 e. The Balaban J connectivity index is 2.03. The summed E-state index contributed by atoms with van der Waals surface area (Å²) in [7, 11) is 0. The molecule has 126 valence electrons. The second-order valence-corrected chi connectivity index (χ2v) is 5.95. The van der Waals surface area contributed by atoms with Crippen molar-refractivity contribution in [3.8, 4) is 0 Å². The molecule has 2 N–H and O–H groups in total. The molecule has 1 aliphatic heterocycles. The van der Waals surface area contributed by atoms with Crippen LogP contribution in [0.4, 0.5) is 4.79 Å². The second-order valence-electron chi connectivity index (χ2n) is 5.95. The van der Waals surface area contributed by atoms with Crippen molar-refractivity contribution in [2.75, 3.05) is 13.1 Å². The lowest BCUT2D eigenvalue weighted by Gasteiger charge is -2.28. The third kappa shape index (κ3) is 4.68. The standard InChI is InChI=1S/C17H25N3O3/c1-2-6-13(9-11-19-17(22)23)16(21)20-12-5-8-15(20)14-7-3-4-10-18-14/h3-4,7,10,13,15,19H,2,5-6,8-9,11-12H2,1H3,(H,22,23)/t13-,15-/m1/s1. The highest BCUT2D eigenvalue weighted by Gasteiger charge is 2.34. The molecule has 0 aliphatic carbocycles. The minimum Gasteiger partial charge on any atom is -0.465 e. The first kappa shape index (κ1) is 17.2. The predicted molar refractivity (Wildman–Crippen MR) is 87.0 cm³/mol. The van der Waals surface area contributed by atoms with Gasteiger partial charge in [-0.2, -0.15) is 0 Å². The Morgan fingerprint density at radius 2 is 2.26 bits per heavy atom. The first-order valence-electron chi connectivity index (χ1n) is 8.31. The van der Waals surface area contributed by atoms with Gasteiger partial charge in [0.15, 0.2) is 0 Å². The van der Waals surface area contributed by atoms with Crippen molar-refractivity contribution in [2.45, 2.75) is 45.1 Å². The second kappa shape index (κ2) is 8.50. The fourth-order valence-corrected chi connectivity index (χ4v) is 3.24. The van der Waals surface area contributed by atoms with Crippen LogP contribution in [0, 0.1) is 5.92 Å². The average Bonchev–Trinajstić information content (AvgIpc) is 3.03. The van der Waals surface area contributed by atoms with E-state index in [9.17, 15) is 9.59 Å². The summed E-state index contributed by atoms with van der Waals surface area (Å²) in [6, 6.07) is 5.85. The summed E-state index contributed by atoms with van der Waals surface area (Å²) in [5.74, 6) is 0.00311. The third-order valence-electron chi connectivity index (χ3n) is 4.32. The number of nitrogens with zero attached hydrogens (tertiary/aromatic N) is 2. The molecule has 2 amide bonds. The highest BCUT2D eigenvalue weighted by Crippen LogP contribution is 2.33. The van der Waals surface area contributed by atoms with Gasteiger partial charge >= 0.3 is 6.09 Å². The van der Waals surface area contributed by atoms with Crippen LogP contribution in [0.5, 0.6) is 0 Å². The van der Waals surface area contributed by atoms with E-state index in [1.54, 1.807) is 6.20 Å². The van der Waals surface area contributed by atoms with Gasteiger partial charge in [0.05, 0.1) is 11.7 Å². The van der Waals surface area contributed by atoms with Crippen LogP contribution >= 0.6 is 0 Å². The van der Waals surface area contributed by atoms with Crippen molar-refractivity contribution in [1.82, 2.24) is 15.2 Å². The van der Waals surface area contributed by atoms with Gasteiger partial charge in [0, 0.05) is 25.2 Å². The molecule has 6 nitrogen and oxygen atoms in total. The molecule has 0 unspecified atom stereocenters. The molecule has 1 aromatic heterocycles. The van der Waals surface area contributed by atoms with Crippen molar-refractivity contribution in [2.24, 2.45) is 5.92 Å². The molecule has 0 bridgehead atoms. The molecule has 2 rings (SSSR count). The van der Waals surface area contributed by atoms with E-state index in [-0.39, 0.29) is 17.9 Å². The number of likely N-dealkylation sites (tertiary alicyclic amines) is 1. The van der Waals surface area contributed by atoms with E-state index >= 15 is 0 Å². The van der Waals surface area contributed by atoms with Crippen LogP contribution in [0.25, 0.3) is 0 Å². The molecule has 0 saturated carbocycles. The van der Waals surface area contributed by atoms with Crippen molar-refractivity contribution in [3.05, 3.63) is 30.1 Å². The van der Waals surface area contributed by atoms with Crippen molar-refractivity contribution >= 4 is 12.0 Å². The summed E-state index contributed by atoms with van der Waals surface area (Å²) in [6.45, 7) is 3.12. The highest BCUT2D eigenvalue weighted by molar-refractivity contribution is 5.79. The molecule has 23 heavy (non-hydrogen) atoms. The number of carbonyl (C=O) groups is 2. The topological polar surface area (TPSA) is 82.5 Å². The fraction of sp³-hybridized carbons (Fsp3) is 0.588. The minimum atomic E-state index is -1.04. The zero-order valence-electron chi connectivity index (χ0n) is 13.6. The van der Waals surface area contributed by atoms with Crippen molar-refractivity contribution < 1.29 is 14.7 Å². The SMILES string of the molecule is CCC[C@H](CCNC(=O)O)C(=O)N1CCC[C@@H]1c1ccccn1. The number of hydrogen-bond acceptors (Lipinski definition) is 3. The van der Waals surface area contributed by atoms with Gasteiger partial charge in [-0.05, 0) is 37.8 Å². The smallest absolute Gasteiger partial charge is 0.404 e. The molecule has 1 aliphatic rings. The van der Waals surface area contributed by atoms with Gasteiger partial charge in [-0.3, -0.25) is 9.78 Å². The Kier molecular flexibility index (Phi) is 6.38. The molecule has 2 heterocycles. The van der Waals surface area contributed by atoms with Gasteiger partial charge in [-0.15, -0.1) is 0 Å². The summed E-state index contributed by atoms with van der Waals surface area (Å²) in [6.07, 6.45) is 4.88. The fourth-order valence-electron chi connectivity index (χ4n) is 3.24. The Bertz CT molecular complexity index is 521. The van der Waals surface area contributed by atoms with Gasteiger partial charge in [0.2, 0.25) is 5.91 Å². The van der Waals surface area contributed by atoms with Crippen molar-refractivity contribution in [1.29, 1.82) is 0 Å². The number of nitrogens with one attached hydrogen (secondary N) is 1. The van der Waals surface area contributed by atoms with Gasteiger partial charge in [-0.25, -0.2) is 4.79 Å². The van der Waals surface area contributed by atoms with Crippen LogP contribution in [0.15, 0.2) is 24.4 Å². The summed E-state index contributed by atoms with van der Waals surface area (Å²) >= 11 is 0. The lowest BCUT2D eigenvalue weighted by molar-refractivity contribution is -0.137. The first-order valence-corrected chi connectivity index (χ1v) is 8.31. The zero-order chi connectivity index (χ0) is 16.7.